The van der Waals surface area contributed by atoms with Crippen molar-refractivity contribution in [3.05, 3.63) is 75.4 Å². The quantitative estimate of drug-likeness (QED) is 0.179. The van der Waals surface area contributed by atoms with E-state index in [4.69, 9.17) is 11.6 Å². The van der Waals surface area contributed by atoms with E-state index in [-0.39, 0.29) is 27.7 Å². The number of thiazole rings is 1. The van der Waals surface area contributed by atoms with E-state index >= 15 is 0 Å². The zero-order chi connectivity index (χ0) is 24.2. The number of hydrogen-bond acceptors (Lipinski definition) is 8. The first kappa shape index (κ1) is 23.9. The lowest BCUT2D eigenvalue weighted by Crippen LogP contribution is -2.14. The fraction of sp³-hybridized carbons (Fsp3) is 0.182. The number of carbonyl (C=O) groups excluding carboxylic acids is 1. The SMILES string of the molecule is CC(C)c1ccccc1-n1c(SCC(=O)Nc2ncc([N+](=O)[O-])s2)nnc1-c1ccc(Cl)cc1. The minimum atomic E-state index is -0.547. The van der Waals surface area contributed by atoms with Gasteiger partial charge in [-0.25, -0.2) is 4.98 Å². The van der Waals surface area contributed by atoms with Crippen molar-refractivity contribution in [2.75, 3.05) is 11.1 Å². The molecule has 0 bridgehead atoms. The second-order valence-electron chi connectivity index (χ2n) is 7.46. The molecular weight excluding hydrogens is 496 g/mol. The Bertz CT molecular complexity index is 1340. The standard InChI is InChI=1S/C22H19ClN6O3S2/c1-13(2)16-5-3-4-6-17(16)28-20(14-7-9-15(23)10-8-14)26-27-22(28)33-12-18(30)25-21-24-11-19(34-21)29(31)32/h3-11,13H,12H2,1-2H3,(H,24,25,30). The lowest BCUT2D eigenvalue weighted by atomic mass is 10.0. The number of carbonyl (C=O) groups is 1. The maximum absolute atomic E-state index is 12.5. The van der Waals surface area contributed by atoms with Crippen LogP contribution in [-0.2, 0) is 4.79 Å². The molecule has 0 spiro atoms. The van der Waals surface area contributed by atoms with Gasteiger partial charge < -0.3 is 5.32 Å². The lowest BCUT2D eigenvalue weighted by Gasteiger charge is -2.17. The highest BCUT2D eigenvalue weighted by molar-refractivity contribution is 7.99. The van der Waals surface area contributed by atoms with Gasteiger partial charge in [0, 0.05) is 10.6 Å². The molecule has 174 valence electrons. The van der Waals surface area contributed by atoms with E-state index < -0.39 is 4.92 Å². The normalized spacial score (nSPS) is 11.1. The summed E-state index contributed by atoms with van der Waals surface area (Å²) < 4.78 is 1.94. The van der Waals surface area contributed by atoms with Crippen molar-refractivity contribution in [3.63, 3.8) is 0 Å². The monoisotopic (exact) mass is 514 g/mol. The molecule has 0 aliphatic carbocycles. The number of nitro groups is 1. The van der Waals surface area contributed by atoms with Crippen molar-refractivity contribution in [2.45, 2.75) is 24.9 Å². The number of thioether (sulfide) groups is 1. The van der Waals surface area contributed by atoms with Crippen LogP contribution in [0.5, 0.6) is 0 Å². The summed E-state index contributed by atoms with van der Waals surface area (Å²) in [6, 6.07) is 15.3. The average Bonchev–Trinajstić information content (AvgIpc) is 3.45. The fourth-order valence-corrected chi connectivity index (χ4v) is 4.76. The van der Waals surface area contributed by atoms with Crippen LogP contribution in [0.1, 0.15) is 25.3 Å². The number of nitrogens with one attached hydrogen (secondary N) is 1. The predicted octanol–water partition coefficient (Wildman–Crippen LogP) is 5.81. The summed E-state index contributed by atoms with van der Waals surface area (Å²) in [4.78, 5) is 26.6. The van der Waals surface area contributed by atoms with Gasteiger partial charge in [0.2, 0.25) is 5.91 Å². The Hall–Kier alpha value is -3.28. The Kier molecular flexibility index (Phi) is 7.25. The summed E-state index contributed by atoms with van der Waals surface area (Å²) in [5.74, 6) is 0.548. The molecule has 0 radical (unpaired) electrons. The Morgan fingerprint density at radius 3 is 2.62 bits per heavy atom. The first-order valence-corrected chi connectivity index (χ1v) is 12.3. The molecule has 0 unspecified atom stereocenters. The van der Waals surface area contributed by atoms with Gasteiger partial charge in [-0.3, -0.25) is 19.5 Å². The third kappa shape index (κ3) is 5.27. The van der Waals surface area contributed by atoms with Gasteiger partial charge in [0.25, 0.3) is 0 Å². The van der Waals surface area contributed by atoms with E-state index in [0.717, 1.165) is 34.3 Å². The van der Waals surface area contributed by atoms with Crippen LogP contribution in [0, 0.1) is 10.1 Å². The molecule has 2 aromatic heterocycles. The zero-order valence-corrected chi connectivity index (χ0v) is 20.5. The van der Waals surface area contributed by atoms with Gasteiger partial charge in [-0.2, -0.15) is 0 Å². The number of halogens is 1. The maximum Gasteiger partial charge on any atom is 0.345 e. The van der Waals surface area contributed by atoms with E-state index in [9.17, 15) is 14.9 Å². The van der Waals surface area contributed by atoms with Crippen LogP contribution in [-0.4, -0.2) is 36.3 Å². The molecule has 2 aromatic carbocycles. The Morgan fingerprint density at radius 2 is 1.94 bits per heavy atom. The van der Waals surface area contributed by atoms with Crippen molar-refractivity contribution in [1.82, 2.24) is 19.7 Å². The summed E-state index contributed by atoms with van der Waals surface area (Å²) in [7, 11) is 0. The maximum atomic E-state index is 12.5. The summed E-state index contributed by atoms with van der Waals surface area (Å²) in [6.45, 7) is 4.22. The third-order valence-electron chi connectivity index (χ3n) is 4.79. The van der Waals surface area contributed by atoms with Crippen molar-refractivity contribution < 1.29 is 9.72 Å². The molecule has 1 amide bonds. The number of amides is 1. The predicted molar refractivity (Wildman–Crippen MR) is 134 cm³/mol. The first-order valence-electron chi connectivity index (χ1n) is 10.2. The van der Waals surface area contributed by atoms with Crippen molar-refractivity contribution >= 4 is 50.7 Å². The van der Waals surface area contributed by atoms with Crippen molar-refractivity contribution in [3.8, 4) is 17.1 Å². The number of aromatic nitrogens is 4. The Labute approximate surface area is 208 Å². The van der Waals surface area contributed by atoms with E-state index in [0.29, 0.717) is 16.0 Å². The molecular formula is C22H19ClN6O3S2. The van der Waals surface area contributed by atoms with E-state index in [1.54, 1.807) is 12.1 Å². The van der Waals surface area contributed by atoms with E-state index in [2.05, 4.69) is 40.4 Å². The number of anilines is 1. The molecule has 0 atom stereocenters. The van der Waals surface area contributed by atoms with Gasteiger partial charge in [0.1, 0.15) is 6.20 Å². The van der Waals surface area contributed by atoms with Crippen LogP contribution in [0.25, 0.3) is 17.1 Å². The molecule has 4 aromatic rings. The lowest BCUT2D eigenvalue weighted by molar-refractivity contribution is -0.380. The van der Waals surface area contributed by atoms with Gasteiger partial charge in [0.15, 0.2) is 16.1 Å². The third-order valence-corrected chi connectivity index (χ3v) is 6.83. The van der Waals surface area contributed by atoms with Crippen LogP contribution >= 0.6 is 34.7 Å². The molecule has 9 nitrogen and oxygen atoms in total. The molecule has 0 aliphatic heterocycles. The van der Waals surface area contributed by atoms with Gasteiger partial charge in [-0.05, 0) is 53.1 Å². The van der Waals surface area contributed by atoms with Crippen molar-refractivity contribution in [1.29, 1.82) is 0 Å². The molecule has 1 N–H and O–H groups in total. The van der Waals surface area contributed by atoms with E-state index in [1.807, 2.05) is 34.9 Å². The summed E-state index contributed by atoms with van der Waals surface area (Å²) in [5, 5.41) is 23.4. The van der Waals surface area contributed by atoms with Gasteiger partial charge >= 0.3 is 5.00 Å². The number of rotatable bonds is 8. The molecule has 2 heterocycles. The Morgan fingerprint density at radius 1 is 1.21 bits per heavy atom. The summed E-state index contributed by atoms with van der Waals surface area (Å²) in [5.41, 5.74) is 2.87. The van der Waals surface area contributed by atoms with Gasteiger partial charge in [-0.15, -0.1) is 10.2 Å². The molecule has 0 aliphatic rings. The van der Waals surface area contributed by atoms with Gasteiger partial charge in [0.05, 0.1) is 16.4 Å². The summed E-state index contributed by atoms with van der Waals surface area (Å²) in [6.07, 6.45) is 1.12. The summed E-state index contributed by atoms with van der Waals surface area (Å²) >= 11 is 8.08. The number of hydrogen-bond donors (Lipinski definition) is 1. The second-order valence-corrected chi connectivity index (χ2v) is 9.85. The number of benzene rings is 2. The molecule has 4 rings (SSSR count). The zero-order valence-electron chi connectivity index (χ0n) is 18.1. The molecule has 34 heavy (non-hydrogen) atoms. The van der Waals surface area contributed by atoms with Crippen LogP contribution < -0.4 is 5.32 Å². The number of nitrogens with zero attached hydrogens (tertiary/aromatic N) is 5. The minimum Gasteiger partial charge on any atom is -0.301 e. The van der Waals surface area contributed by atoms with Crippen molar-refractivity contribution in [2.24, 2.45) is 0 Å². The molecule has 0 saturated heterocycles. The largest absolute Gasteiger partial charge is 0.345 e. The van der Waals surface area contributed by atoms with E-state index in [1.165, 1.54) is 11.8 Å². The second kappa shape index (κ2) is 10.3. The van der Waals surface area contributed by atoms with Crippen LogP contribution in [0.4, 0.5) is 10.1 Å². The highest BCUT2D eigenvalue weighted by Crippen LogP contribution is 2.33. The van der Waals surface area contributed by atoms with Crippen LogP contribution in [0.2, 0.25) is 5.02 Å². The highest BCUT2D eigenvalue weighted by atomic mass is 35.5. The topological polar surface area (TPSA) is 116 Å². The van der Waals surface area contributed by atoms with Gasteiger partial charge in [-0.1, -0.05) is 55.4 Å². The molecule has 0 saturated carbocycles. The fourth-order valence-electron chi connectivity index (χ4n) is 3.24. The Balaban J connectivity index is 1.64. The smallest absolute Gasteiger partial charge is 0.301 e. The minimum absolute atomic E-state index is 0.0238. The molecule has 0 fully saturated rings. The van der Waals surface area contributed by atoms with Crippen LogP contribution in [0.15, 0.2) is 59.9 Å². The average molecular weight is 515 g/mol. The number of para-hydroxylation sites is 1. The highest BCUT2D eigenvalue weighted by Gasteiger charge is 2.21. The molecule has 12 heteroatoms. The first-order chi connectivity index (χ1) is 16.3. The van der Waals surface area contributed by atoms with Crippen LogP contribution in [0.3, 0.4) is 0 Å².